The second kappa shape index (κ2) is 9.05. The van der Waals surface area contributed by atoms with Crippen molar-refractivity contribution in [1.82, 2.24) is 4.90 Å². The molecule has 3 rings (SSSR count). The van der Waals surface area contributed by atoms with E-state index in [-0.39, 0.29) is 22.1 Å². The molecule has 0 fully saturated rings. The molecule has 0 aliphatic carbocycles. The standard InChI is InChI=1S/C22H23NO5S/c1-2-29(26,27)20-11-7-6-10-19(20)22(25)28-16-21(24)23-14-12-18(13-15-23)17-8-4-3-5-9-17/h3-12H,2,13-16H2,1H3. The van der Waals surface area contributed by atoms with E-state index in [4.69, 9.17) is 4.74 Å². The van der Waals surface area contributed by atoms with Gasteiger partial charge in [0.25, 0.3) is 5.91 Å². The fourth-order valence-corrected chi connectivity index (χ4v) is 4.25. The first-order valence-electron chi connectivity index (χ1n) is 9.43. The number of ether oxygens (including phenoxy) is 1. The van der Waals surface area contributed by atoms with Crippen LogP contribution < -0.4 is 0 Å². The lowest BCUT2D eigenvalue weighted by Crippen LogP contribution is -2.37. The summed E-state index contributed by atoms with van der Waals surface area (Å²) in [6.45, 7) is 2.07. The van der Waals surface area contributed by atoms with Crippen LogP contribution in [0.5, 0.6) is 0 Å². The summed E-state index contributed by atoms with van der Waals surface area (Å²) < 4.78 is 29.5. The van der Waals surface area contributed by atoms with E-state index in [1.807, 2.05) is 36.4 Å². The predicted molar refractivity (Wildman–Crippen MR) is 110 cm³/mol. The molecule has 0 unspecified atom stereocenters. The van der Waals surface area contributed by atoms with Crippen molar-refractivity contribution in [3.63, 3.8) is 0 Å². The molecule has 0 radical (unpaired) electrons. The zero-order chi connectivity index (χ0) is 20.9. The van der Waals surface area contributed by atoms with Crippen molar-refractivity contribution in [3.8, 4) is 0 Å². The third-order valence-electron chi connectivity index (χ3n) is 4.86. The minimum absolute atomic E-state index is 0.0490. The van der Waals surface area contributed by atoms with Gasteiger partial charge in [-0.2, -0.15) is 0 Å². The number of benzene rings is 2. The quantitative estimate of drug-likeness (QED) is 0.680. The van der Waals surface area contributed by atoms with Crippen LogP contribution in [0.15, 0.2) is 65.6 Å². The Bertz CT molecular complexity index is 1030. The Hall–Kier alpha value is -2.93. The molecule has 2 aromatic carbocycles. The topological polar surface area (TPSA) is 80.7 Å². The Balaban J connectivity index is 1.61. The van der Waals surface area contributed by atoms with Crippen molar-refractivity contribution in [1.29, 1.82) is 0 Å². The van der Waals surface area contributed by atoms with Gasteiger partial charge in [0.1, 0.15) is 0 Å². The summed E-state index contributed by atoms with van der Waals surface area (Å²) in [4.78, 5) is 26.3. The number of esters is 1. The summed E-state index contributed by atoms with van der Waals surface area (Å²) in [5.74, 6) is -1.25. The fourth-order valence-electron chi connectivity index (χ4n) is 3.17. The SMILES string of the molecule is CCS(=O)(=O)c1ccccc1C(=O)OCC(=O)N1CC=C(c2ccccc2)CC1. The Labute approximate surface area is 170 Å². The predicted octanol–water partition coefficient (Wildman–Crippen LogP) is 2.95. The molecule has 0 saturated heterocycles. The summed E-state index contributed by atoms with van der Waals surface area (Å²) in [6.07, 6.45) is 2.73. The highest BCUT2D eigenvalue weighted by Gasteiger charge is 2.24. The summed E-state index contributed by atoms with van der Waals surface area (Å²) in [6, 6.07) is 15.9. The molecule has 2 aromatic rings. The Morgan fingerprint density at radius 2 is 1.72 bits per heavy atom. The molecule has 0 aromatic heterocycles. The molecule has 152 valence electrons. The summed E-state index contributed by atoms with van der Waals surface area (Å²) >= 11 is 0. The average molecular weight is 413 g/mol. The second-order valence-electron chi connectivity index (χ2n) is 6.66. The highest BCUT2D eigenvalue weighted by atomic mass is 32.2. The van der Waals surface area contributed by atoms with Gasteiger partial charge in [0.05, 0.1) is 16.2 Å². The zero-order valence-corrected chi connectivity index (χ0v) is 17.0. The monoisotopic (exact) mass is 413 g/mol. The molecule has 0 spiro atoms. The van der Waals surface area contributed by atoms with Gasteiger partial charge in [0, 0.05) is 13.1 Å². The van der Waals surface area contributed by atoms with Gasteiger partial charge in [0.2, 0.25) is 0 Å². The van der Waals surface area contributed by atoms with Crippen LogP contribution in [0.3, 0.4) is 0 Å². The smallest absolute Gasteiger partial charge is 0.339 e. The van der Waals surface area contributed by atoms with Crippen molar-refractivity contribution < 1.29 is 22.7 Å². The number of carbonyl (C=O) groups excluding carboxylic acids is 2. The van der Waals surface area contributed by atoms with Crippen molar-refractivity contribution in [2.45, 2.75) is 18.2 Å². The van der Waals surface area contributed by atoms with E-state index < -0.39 is 22.4 Å². The maximum absolute atomic E-state index is 12.4. The average Bonchev–Trinajstić information content (AvgIpc) is 2.78. The molecule has 0 bridgehead atoms. The molecule has 0 saturated carbocycles. The molecule has 7 heteroatoms. The highest BCUT2D eigenvalue weighted by Crippen LogP contribution is 2.22. The minimum atomic E-state index is -3.57. The Morgan fingerprint density at radius 3 is 2.38 bits per heavy atom. The normalized spacial score (nSPS) is 14.2. The summed E-state index contributed by atoms with van der Waals surface area (Å²) in [7, 11) is -3.57. The number of nitrogens with zero attached hydrogens (tertiary/aromatic N) is 1. The van der Waals surface area contributed by atoms with Gasteiger partial charge in [0.15, 0.2) is 16.4 Å². The molecule has 0 atom stereocenters. The first kappa shape index (κ1) is 20.8. The van der Waals surface area contributed by atoms with Crippen LogP contribution in [-0.2, 0) is 19.4 Å². The van der Waals surface area contributed by atoms with Gasteiger partial charge < -0.3 is 9.64 Å². The lowest BCUT2D eigenvalue weighted by molar-refractivity contribution is -0.134. The largest absolute Gasteiger partial charge is 0.452 e. The highest BCUT2D eigenvalue weighted by molar-refractivity contribution is 7.91. The van der Waals surface area contributed by atoms with Gasteiger partial charge in [-0.1, -0.05) is 55.5 Å². The van der Waals surface area contributed by atoms with Gasteiger partial charge in [-0.3, -0.25) is 4.79 Å². The van der Waals surface area contributed by atoms with Crippen LogP contribution in [-0.4, -0.2) is 50.6 Å². The van der Waals surface area contributed by atoms with Gasteiger partial charge >= 0.3 is 5.97 Å². The van der Waals surface area contributed by atoms with Crippen LogP contribution in [0.4, 0.5) is 0 Å². The number of hydrogen-bond acceptors (Lipinski definition) is 5. The van der Waals surface area contributed by atoms with Gasteiger partial charge in [-0.05, 0) is 29.7 Å². The first-order chi connectivity index (χ1) is 13.9. The Kier molecular flexibility index (Phi) is 6.49. The van der Waals surface area contributed by atoms with Crippen molar-refractivity contribution in [2.75, 3.05) is 25.4 Å². The number of sulfone groups is 1. The Morgan fingerprint density at radius 1 is 1.03 bits per heavy atom. The van der Waals surface area contributed by atoms with Gasteiger partial charge in [-0.25, -0.2) is 13.2 Å². The molecule has 6 nitrogen and oxygen atoms in total. The van der Waals surface area contributed by atoms with Crippen molar-refractivity contribution >= 4 is 27.3 Å². The fraction of sp³-hybridized carbons (Fsp3) is 0.273. The summed E-state index contributed by atoms with van der Waals surface area (Å²) in [5.41, 5.74) is 2.28. The maximum atomic E-state index is 12.4. The number of carbonyl (C=O) groups is 2. The molecule has 29 heavy (non-hydrogen) atoms. The molecule has 1 amide bonds. The molecule has 1 aliphatic rings. The molecular weight excluding hydrogens is 390 g/mol. The number of hydrogen-bond donors (Lipinski definition) is 0. The van der Waals surface area contributed by atoms with Crippen molar-refractivity contribution in [2.24, 2.45) is 0 Å². The first-order valence-corrected chi connectivity index (χ1v) is 11.1. The van der Waals surface area contributed by atoms with E-state index in [0.717, 1.165) is 12.0 Å². The number of rotatable bonds is 6. The van der Waals surface area contributed by atoms with E-state index in [0.29, 0.717) is 13.1 Å². The lowest BCUT2D eigenvalue weighted by atomic mass is 10.00. The van der Waals surface area contributed by atoms with Crippen LogP contribution in [0.25, 0.3) is 5.57 Å². The lowest BCUT2D eigenvalue weighted by Gasteiger charge is -2.26. The maximum Gasteiger partial charge on any atom is 0.339 e. The van der Waals surface area contributed by atoms with E-state index in [1.165, 1.54) is 24.6 Å². The van der Waals surface area contributed by atoms with Crippen LogP contribution in [0, 0.1) is 0 Å². The second-order valence-corrected chi connectivity index (χ2v) is 8.91. The third-order valence-corrected chi connectivity index (χ3v) is 6.64. The van der Waals surface area contributed by atoms with Gasteiger partial charge in [-0.15, -0.1) is 0 Å². The third kappa shape index (κ3) is 4.92. The van der Waals surface area contributed by atoms with Crippen LogP contribution in [0.2, 0.25) is 0 Å². The summed E-state index contributed by atoms with van der Waals surface area (Å²) in [5, 5.41) is 0. The molecule has 1 heterocycles. The van der Waals surface area contributed by atoms with Crippen molar-refractivity contribution in [3.05, 3.63) is 71.8 Å². The minimum Gasteiger partial charge on any atom is -0.452 e. The van der Waals surface area contributed by atoms with Crippen LogP contribution >= 0.6 is 0 Å². The van der Waals surface area contributed by atoms with E-state index in [9.17, 15) is 18.0 Å². The molecule has 1 aliphatic heterocycles. The van der Waals surface area contributed by atoms with Crippen LogP contribution in [0.1, 0.15) is 29.3 Å². The zero-order valence-electron chi connectivity index (χ0n) is 16.2. The van der Waals surface area contributed by atoms with E-state index >= 15 is 0 Å². The number of amides is 1. The van der Waals surface area contributed by atoms with E-state index in [2.05, 4.69) is 0 Å². The molecule has 0 N–H and O–H groups in total. The molecular formula is C22H23NO5S. The van der Waals surface area contributed by atoms with E-state index in [1.54, 1.807) is 17.0 Å².